The molecule has 1 aromatic rings. The van der Waals surface area contributed by atoms with E-state index >= 15 is 0 Å². The van der Waals surface area contributed by atoms with Crippen molar-refractivity contribution < 1.29 is 0 Å². The summed E-state index contributed by atoms with van der Waals surface area (Å²) >= 11 is 0. The Hall–Kier alpha value is -0.870. The zero-order chi connectivity index (χ0) is 11.6. The fourth-order valence-electron chi connectivity index (χ4n) is 2.10. The van der Waals surface area contributed by atoms with Crippen molar-refractivity contribution >= 4 is 0 Å². The molecule has 0 aromatic carbocycles. The quantitative estimate of drug-likeness (QED) is 0.767. The maximum absolute atomic E-state index is 4.52. The number of aromatic nitrogens is 2. The van der Waals surface area contributed by atoms with Gasteiger partial charge in [0.25, 0.3) is 0 Å². The molecule has 0 spiro atoms. The van der Waals surface area contributed by atoms with Gasteiger partial charge in [0.1, 0.15) is 0 Å². The molecule has 4 nitrogen and oxygen atoms in total. The van der Waals surface area contributed by atoms with Crippen molar-refractivity contribution in [1.29, 1.82) is 0 Å². The lowest BCUT2D eigenvalue weighted by Crippen LogP contribution is -2.33. The molecule has 1 N–H and O–H groups in total. The molecule has 4 heteroatoms. The molecular formula is C11H22N4. The first-order valence-corrected chi connectivity index (χ1v) is 5.44. The van der Waals surface area contributed by atoms with Gasteiger partial charge in [-0.25, -0.2) is 5.43 Å². The van der Waals surface area contributed by atoms with Crippen LogP contribution < -0.4 is 5.43 Å². The molecule has 0 aliphatic heterocycles. The first kappa shape index (κ1) is 12.2. The second kappa shape index (κ2) is 4.77. The molecule has 0 aliphatic rings. The average Bonchev–Trinajstić information content (AvgIpc) is 2.40. The van der Waals surface area contributed by atoms with E-state index in [4.69, 9.17) is 0 Å². The number of hydrazine groups is 1. The SMILES string of the molecule is CCn1nc(C)c(C(C)NN(C)C)c1C. The van der Waals surface area contributed by atoms with E-state index in [0.717, 1.165) is 12.2 Å². The predicted octanol–water partition coefficient (Wildman–Crippen LogP) is 1.65. The molecule has 1 aromatic heterocycles. The minimum absolute atomic E-state index is 0.306. The summed E-state index contributed by atoms with van der Waals surface area (Å²) in [5.41, 5.74) is 7.05. The number of nitrogens with zero attached hydrogens (tertiary/aromatic N) is 3. The topological polar surface area (TPSA) is 33.1 Å². The predicted molar refractivity (Wildman–Crippen MR) is 62.6 cm³/mol. The van der Waals surface area contributed by atoms with Gasteiger partial charge < -0.3 is 0 Å². The van der Waals surface area contributed by atoms with Crippen molar-refractivity contribution in [3.63, 3.8) is 0 Å². The third kappa shape index (κ3) is 2.58. The Kier molecular flexibility index (Phi) is 3.88. The molecule has 0 radical (unpaired) electrons. The van der Waals surface area contributed by atoms with Gasteiger partial charge in [-0.05, 0) is 27.7 Å². The van der Waals surface area contributed by atoms with Gasteiger partial charge in [-0.15, -0.1) is 0 Å². The third-order valence-corrected chi connectivity index (χ3v) is 2.62. The van der Waals surface area contributed by atoms with Crippen LogP contribution in [0.25, 0.3) is 0 Å². The summed E-state index contributed by atoms with van der Waals surface area (Å²) < 4.78 is 2.05. The smallest absolute Gasteiger partial charge is 0.0644 e. The van der Waals surface area contributed by atoms with Crippen LogP contribution in [0, 0.1) is 13.8 Å². The van der Waals surface area contributed by atoms with Crippen LogP contribution in [0.5, 0.6) is 0 Å². The Morgan fingerprint density at radius 1 is 1.40 bits per heavy atom. The molecule has 1 atom stereocenters. The number of rotatable bonds is 4. The minimum atomic E-state index is 0.306. The van der Waals surface area contributed by atoms with Crippen LogP contribution >= 0.6 is 0 Å². The molecule has 0 saturated carbocycles. The summed E-state index contributed by atoms with van der Waals surface area (Å²) in [4.78, 5) is 0. The summed E-state index contributed by atoms with van der Waals surface area (Å²) in [6.07, 6.45) is 0. The van der Waals surface area contributed by atoms with E-state index in [-0.39, 0.29) is 0 Å². The third-order valence-electron chi connectivity index (χ3n) is 2.62. The van der Waals surface area contributed by atoms with Crippen LogP contribution in [-0.2, 0) is 6.54 Å². The van der Waals surface area contributed by atoms with Gasteiger partial charge in [0, 0.05) is 37.9 Å². The van der Waals surface area contributed by atoms with E-state index in [1.54, 1.807) is 0 Å². The standard InChI is InChI=1S/C11H22N4/c1-7-15-10(4)11(9(3)13-15)8(2)12-14(5)6/h8,12H,7H2,1-6H3. The average molecular weight is 210 g/mol. The number of nitrogens with one attached hydrogen (secondary N) is 1. The molecule has 15 heavy (non-hydrogen) atoms. The monoisotopic (exact) mass is 210 g/mol. The molecule has 0 bridgehead atoms. The Balaban J connectivity index is 2.97. The van der Waals surface area contributed by atoms with Crippen molar-refractivity contribution in [2.24, 2.45) is 0 Å². The highest BCUT2D eigenvalue weighted by Crippen LogP contribution is 2.21. The van der Waals surface area contributed by atoms with Gasteiger partial charge in [-0.2, -0.15) is 5.10 Å². The summed E-state index contributed by atoms with van der Waals surface area (Å²) in [7, 11) is 4.01. The van der Waals surface area contributed by atoms with E-state index in [1.807, 2.05) is 19.1 Å². The molecule has 1 rings (SSSR count). The largest absolute Gasteiger partial charge is 0.270 e. The summed E-state index contributed by atoms with van der Waals surface area (Å²) in [6.45, 7) is 9.42. The Morgan fingerprint density at radius 2 is 2.00 bits per heavy atom. The van der Waals surface area contributed by atoms with Crippen LogP contribution in [-0.4, -0.2) is 28.9 Å². The number of hydrogen-bond acceptors (Lipinski definition) is 3. The molecule has 1 heterocycles. The Labute approximate surface area is 92.2 Å². The van der Waals surface area contributed by atoms with E-state index in [1.165, 1.54) is 11.3 Å². The zero-order valence-electron chi connectivity index (χ0n) is 10.6. The van der Waals surface area contributed by atoms with Crippen molar-refractivity contribution in [3.05, 3.63) is 17.0 Å². The van der Waals surface area contributed by atoms with Gasteiger partial charge >= 0.3 is 0 Å². The van der Waals surface area contributed by atoms with Gasteiger partial charge in [-0.1, -0.05) is 0 Å². The van der Waals surface area contributed by atoms with Gasteiger partial charge in [-0.3, -0.25) is 9.69 Å². The minimum Gasteiger partial charge on any atom is -0.270 e. The van der Waals surface area contributed by atoms with Gasteiger partial charge in [0.2, 0.25) is 0 Å². The molecule has 1 unspecified atom stereocenters. The normalized spacial score (nSPS) is 13.5. The lowest BCUT2D eigenvalue weighted by molar-refractivity contribution is 0.251. The Morgan fingerprint density at radius 3 is 2.40 bits per heavy atom. The number of hydrogen-bond donors (Lipinski definition) is 1. The lowest BCUT2D eigenvalue weighted by atomic mass is 10.1. The summed E-state index contributed by atoms with van der Waals surface area (Å²) in [6, 6.07) is 0.306. The van der Waals surface area contributed by atoms with E-state index in [2.05, 4.69) is 42.9 Å². The highest BCUT2D eigenvalue weighted by molar-refractivity contribution is 5.27. The van der Waals surface area contributed by atoms with Crippen molar-refractivity contribution in [2.75, 3.05) is 14.1 Å². The number of aryl methyl sites for hydroxylation is 2. The van der Waals surface area contributed by atoms with Gasteiger partial charge in [0.05, 0.1) is 5.69 Å². The van der Waals surface area contributed by atoms with E-state index < -0.39 is 0 Å². The molecule has 0 saturated heterocycles. The second-order valence-electron chi connectivity index (χ2n) is 4.15. The second-order valence-corrected chi connectivity index (χ2v) is 4.15. The fraction of sp³-hybridized carbons (Fsp3) is 0.727. The van der Waals surface area contributed by atoms with Gasteiger partial charge in [0.15, 0.2) is 0 Å². The van der Waals surface area contributed by atoms with E-state index in [9.17, 15) is 0 Å². The summed E-state index contributed by atoms with van der Waals surface area (Å²) in [5, 5.41) is 6.49. The van der Waals surface area contributed by atoms with Crippen molar-refractivity contribution in [1.82, 2.24) is 20.2 Å². The van der Waals surface area contributed by atoms with Crippen molar-refractivity contribution in [2.45, 2.75) is 40.3 Å². The lowest BCUT2D eigenvalue weighted by Gasteiger charge is -2.19. The van der Waals surface area contributed by atoms with Crippen LogP contribution in [0.2, 0.25) is 0 Å². The Bertz CT molecular complexity index is 328. The highest BCUT2D eigenvalue weighted by Gasteiger charge is 2.16. The molecule has 86 valence electrons. The van der Waals surface area contributed by atoms with Crippen molar-refractivity contribution in [3.8, 4) is 0 Å². The fourth-order valence-corrected chi connectivity index (χ4v) is 2.10. The van der Waals surface area contributed by atoms with E-state index in [0.29, 0.717) is 6.04 Å². The van der Waals surface area contributed by atoms with Crippen LogP contribution in [0.4, 0.5) is 0 Å². The molecule has 0 aliphatic carbocycles. The molecular weight excluding hydrogens is 188 g/mol. The summed E-state index contributed by atoms with van der Waals surface area (Å²) in [5.74, 6) is 0. The molecule has 0 amide bonds. The zero-order valence-corrected chi connectivity index (χ0v) is 10.6. The first-order valence-electron chi connectivity index (χ1n) is 5.44. The maximum Gasteiger partial charge on any atom is 0.0644 e. The van der Waals surface area contributed by atoms with Crippen LogP contribution in [0.15, 0.2) is 0 Å². The van der Waals surface area contributed by atoms with Crippen LogP contribution in [0.3, 0.4) is 0 Å². The van der Waals surface area contributed by atoms with Crippen LogP contribution in [0.1, 0.15) is 36.8 Å². The first-order chi connectivity index (χ1) is 6.97. The molecule has 0 fully saturated rings. The maximum atomic E-state index is 4.52. The highest BCUT2D eigenvalue weighted by atomic mass is 15.5.